The maximum Gasteiger partial charge on any atom is 0.317 e. The molecule has 4 rings (SSSR count). The summed E-state index contributed by atoms with van der Waals surface area (Å²) < 4.78 is 7.17. The Morgan fingerprint density at radius 3 is 2.65 bits per heavy atom. The number of carbonyl (C=O) groups excluding carboxylic acids is 1. The predicted molar refractivity (Wildman–Crippen MR) is 120 cm³/mol. The van der Waals surface area contributed by atoms with Gasteiger partial charge in [0, 0.05) is 58.3 Å². The number of fused-ring (bicyclic) bond motifs is 1. The molecule has 1 N–H and O–H groups in total. The van der Waals surface area contributed by atoms with Crippen molar-refractivity contribution in [2.45, 2.75) is 19.9 Å². The number of methoxy groups -OCH3 is 1. The molecule has 164 valence electrons. The molecule has 2 amide bonds. The van der Waals surface area contributed by atoms with Crippen LogP contribution in [0.5, 0.6) is 0 Å². The molecule has 1 fully saturated rings. The fourth-order valence-electron chi connectivity index (χ4n) is 3.86. The van der Waals surface area contributed by atoms with E-state index in [0.717, 1.165) is 42.2 Å². The molecule has 0 aliphatic carbocycles. The highest BCUT2D eigenvalue weighted by atomic mass is 16.5. The molecule has 8 heteroatoms. The first-order valence-corrected chi connectivity index (χ1v) is 10.8. The summed E-state index contributed by atoms with van der Waals surface area (Å²) in [6, 6.07) is 12.4. The second kappa shape index (κ2) is 9.89. The monoisotopic (exact) mass is 422 g/mol. The number of aryl methyl sites for hydroxylation is 1. The molecule has 0 bridgehead atoms. The SMILES string of the molecule is COCCCNC(=O)N1CCN(Cc2nc3cccnc3n2-c2ccc(C)cc2)CC1. The number of hydrogen-bond donors (Lipinski definition) is 1. The van der Waals surface area contributed by atoms with E-state index in [1.165, 1.54) is 5.56 Å². The van der Waals surface area contributed by atoms with E-state index >= 15 is 0 Å². The van der Waals surface area contributed by atoms with Gasteiger partial charge in [0.05, 0.1) is 6.54 Å². The molecule has 1 aliphatic rings. The minimum atomic E-state index is 0.00634. The van der Waals surface area contributed by atoms with Crippen LogP contribution in [0.2, 0.25) is 0 Å². The molecule has 0 radical (unpaired) electrons. The maximum atomic E-state index is 12.3. The predicted octanol–water partition coefficient (Wildman–Crippen LogP) is 2.59. The Balaban J connectivity index is 1.43. The Morgan fingerprint density at radius 1 is 1.13 bits per heavy atom. The van der Waals surface area contributed by atoms with Crippen LogP contribution in [-0.2, 0) is 11.3 Å². The molecule has 3 heterocycles. The van der Waals surface area contributed by atoms with Crippen LogP contribution < -0.4 is 5.32 Å². The van der Waals surface area contributed by atoms with Gasteiger partial charge < -0.3 is 15.0 Å². The molecule has 3 aromatic rings. The van der Waals surface area contributed by atoms with Crippen molar-refractivity contribution in [3.8, 4) is 5.69 Å². The molecule has 0 unspecified atom stereocenters. The second-order valence-electron chi connectivity index (χ2n) is 7.89. The topological polar surface area (TPSA) is 75.5 Å². The van der Waals surface area contributed by atoms with E-state index < -0.39 is 0 Å². The quantitative estimate of drug-likeness (QED) is 0.593. The zero-order chi connectivity index (χ0) is 21.6. The number of pyridine rings is 1. The molecule has 8 nitrogen and oxygen atoms in total. The Kier molecular flexibility index (Phi) is 6.79. The molecule has 31 heavy (non-hydrogen) atoms. The summed E-state index contributed by atoms with van der Waals surface area (Å²) >= 11 is 0. The summed E-state index contributed by atoms with van der Waals surface area (Å²) in [5.41, 5.74) is 4.05. The van der Waals surface area contributed by atoms with Crippen molar-refractivity contribution in [3.05, 3.63) is 54.0 Å². The fourth-order valence-corrected chi connectivity index (χ4v) is 3.86. The lowest BCUT2D eigenvalue weighted by atomic mass is 10.2. The van der Waals surface area contributed by atoms with Crippen LogP contribution in [0, 0.1) is 6.92 Å². The van der Waals surface area contributed by atoms with Crippen LogP contribution in [0.4, 0.5) is 4.79 Å². The standard InChI is InChI=1S/C23H30N6O2/c1-18-6-8-19(9-7-18)29-21(26-20-5-3-10-24-22(20)29)17-27-12-14-28(15-13-27)23(30)25-11-4-16-31-2/h3,5-10H,4,11-17H2,1-2H3,(H,25,30). The van der Waals surface area contributed by atoms with E-state index in [-0.39, 0.29) is 6.03 Å². The van der Waals surface area contributed by atoms with Gasteiger partial charge in [-0.3, -0.25) is 9.47 Å². The number of piperazine rings is 1. The highest BCUT2D eigenvalue weighted by molar-refractivity contribution is 5.74. The molecule has 2 aromatic heterocycles. The zero-order valence-corrected chi connectivity index (χ0v) is 18.3. The summed E-state index contributed by atoms with van der Waals surface area (Å²) in [4.78, 5) is 26.0. The van der Waals surface area contributed by atoms with Crippen LogP contribution in [0.25, 0.3) is 16.9 Å². The van der Waals surface area contributed by atoms with Gasteiger partial charge in [-0.25, -0.2) is 14.8 Å². The van der Waals surface area contributed by atoms with E-state index in [0.29, 0.717) is 32.8 Å². The van der Waals surface area contributed by atoms with Gasteiger partial charge in [0.2, 0.25) is 0 Å². The number of imidazole rings is 1. The van der Waals surface area contributed by atoms with Crippen molar-refractivity contribution in [3.63, 3.8) is 0 Å². The zero-order valence-electron chi connectivity index (χ0n) is 18.3. The largest absolute Gasteiger partial charge is 0.385 e. The van der Waals surface area contributed by atoms with Crippen molar-refractivity contribution in [2.24, 2.45) is 0 Å². The number of benzene rings is 1. The van der Waals surface area contributed by atoms with Crippen LogP contribution in [-0.4, -0.2) is 76.8 Å². The lowest BCUT2D eigenvalue weighted by molar-refractivity contribution is 0.132. The lowest BCUT2D eigenvalue weighted by Gasteiger charge is -2.34. The number of ether oxygens (including phenoxy) is 1. The number of nitrogens with one attached hydrogen (secondary N) is 1. The molecular formula is C23H30N6O2. The first kappa shape index (κ1) is 21.3. The van der Waals surface area contributed by atoms with Crippen molar-refractivity contribution >= 4 is 17.2 Å². The number of amides is 2. The lowest BCUT2D eigenvalue weighted by Crippen LogP contribution is -2.51. The smallest absolute Gasteiger partial charge is 0.317 e. The van der Waals surface area contributed by atoms with Crippen LogP contribution in [0.3, 0.4) is 0 Å². The average Bonchev–Trinajstić information content (AvgIpc) is 3.15. The summed E-state index contributed by atoms with van der Waals surface area (Å²) in [5.74, 6) is 0.968. The van der Waals surface area contributed by atoms with Gasteiger partial charge in [0.25, 0.3) is 0 Å². The normalized spacial score (nSPS) is 14.8. The molecule has 0 saturated carbocycles. The van der Waals surface area contributed by atoms with Gasteiger partial charge >= 0.3 is 6.03 Å². The number of nitrogens with zero attached hydrogens (tertiary/aromatic N) is 5. The first-order valence-electron chi connectivity index (χ1n) is 10.8. The fraction of sp³-hybridized carbons (Fsp3) is 0.435. The summed E-state index contributed by atoms with van der Waals surface area (Å²) in [6.07, 6.45) is 2.63. The van der Waals surface area contributed by atoms with Crippen molar-refractivity contribution in [1.29, 1.82) is 0 Å². The summed E-state index contributed by atoms with van der Waals surface area (Å²) in [7, 11) is 1.67. The Labute approximate surface area is 182 Å². The van der Waals surface area contributed by atoms with Crippen molar-refractivity contribution in [1.82, 2.24) is 29.7 Å². The highest BCUT2D eigenvalue weighted by Gasteiger charge is 2.23. The van der Waals surface area contributed by atoms with Crippen LogP contribution in [0.15, 0.2) is 42.6 Å². The average molecular weight is 423 g/mol. The van der Waals surface area contributed by atoms with E-state index in [2.05, 4.69) is 51.0 Å². The molecule has 1 saturated heterocycles. The molecule has 1 aromatic carbocycles. The summed E-state index contributed by atoms with van der Waals surface area (Å²) in [6.45, 7) is 7.14. The van der Waals surface area contributed by atoms with E-state index in [1.807, 2.05) is 23.2 Å². The van der Waals surface area contributed by atoms with Gasteiger partial charge in [0.1, 0.15) is 11.3 Å². The first-order chi connectivity index (χ1) is 15.2. The van der Waals surface area contributed by atoms with E-state index in [9.17, 15) is 4.79 Å². The number of aromatic nitrogens is 3. The molecule has 0 spiro atoms. The highest BCUT2D eigenvalue weighted by Crippen LogP contribution is 2.21. The Bertz CT molecular complexity index is 1010. The van der Waals surface area contributed by atoms with Crippen molar-refractivity contribution < 1.29 is 9.53 Å². The molecular weight excluding hydrogens is 392 g/mol. The summed E-state index contributed by atoms with van der Waals surface area (Å²) in [5, 5.41) is 2.97. The van der Waals surface area contributed by atoms with Crippen LogP contribution >= 0.6 is 0 Å². The minimum absolute atomic E-state index is 0.00634. The minimum Gasteiger partial charge on any atom is -0.385 e. The molecule has 1 aliphatic heterocycles. The van der Waals surface area contributed by atoms with Gasteiger partial charge in [-0.2, -0.15) is 0 Å². The number of urea groups is 1. The van der Waals surface area contributed by atoms with Crippen LogP contribution in [0.1, 0.15) is 17.8 Å². The van der Waals surface area contributed by atoms with E-state index in [1.54, 1.807) is 7.11 Å². The Morgan fingerprint density at radius 2 is 1.90 bits per heavy atom. The van der Waals surface area contributed by atoms with Gasteiger partial charge in [-0.05, 0) is 37.6 Å². The number of rotatable bonds is 7. The maximum absolute atomic E-state index is 12.3. The third-order valence-corrected chi connectivity index (χ3v) is 5.60. The number of hydrogen-bond acceptors (Lipinski definition) is 5. The third-order valence-electron chi connectivity index (χ3n) is 5.60. The van der Waals surface area contributed by atoms with Gasteiger partial charge in [-0.15, -0.1) is 0 Å². The molecule has 0 atom stereocenters. The van der Waals surface area contributed by atoms with Gasteiger partial charge in [0.15, 0.2) is 5.65 Å². The van der Waals surface area contributed by atoms with Crippen molar-refractivity contribution in [2.75, 3.05) is 46.4 Å². The number of carbonyl (C=O) groups is 1. The van der Waals surface area contributed by atoms with E-state index in [4.69, 9.17) is 9.72 Å². The Hall–Kier alpha value is -2.97. The van der Waals surface area contributed by atoms with Gasteiger partial charge in [-0.1, -0.05) is 17.7 Å². The third kappa shape index (κ3) is 5.03. The second-order valence-corrected chi connectivity index (χ2v) is 7.89.